The summed E-state index contributed by atoms with van der Waals surface area (Å²) in [7, 11) is 1.56. The molecule has 0 unspecified atom stereocenters. The molecule has 0 aliphatic carbocycles. The molecule has 0 radical (unpaired) electrons. The maximum Gasteiger partial charge on any atom is 0.251 e. The van der Waals surface area contributed by atoms with Crippen molar-refractivity contribution in [3.8, 4) is 5.75 Å². The fourth-order valence-electron chi connectivity index (χ4n) is 1.87. The summed E-state index contributed by atoms with van der Waals surface area (Å²) in [6, 6.07) is 6.97. The van der Waals surface area contributed by atoms with Gasteiger partial charge in [-0.1, -0.05) is 13.0 Å². The molecule has 0 bridgehead atoms. The lowest BCUT2D eigenvalue weighted by Crippen LogP contribution is -2.37. The Bertz CT molecular complexity index is 460. The van der Waals surface area contributed by atoms with Gasteiger partial charge in [0.15, 0.2) is 0 Å². The van der Waals surface area contributed by atoms with E-state index in [9.17, 15) is 9.59 Å². The van der Waals surface area contributed by atoms with Crippen molar-refractivity contribution in [2.45, 2.75) is 20.3 Å². The first kappa shape index (κ1) is 16.0. The molecule has 0 fully saturated rings. The predicted molar refractivity (Wildman–Crippen MR) is 77.9 cm³/mol. The van der Waals surface area contributed by atoms with E-state index < -0.39 is 0 Å². The van der Waals surface area contributed by atoms with Crippen molar-refractivity contribution in [3.63, 3.8) is 0 Å². The number of hydrogen-bond acceptors (Lipinski definition) is 3. The molecule has 1 aromatic rings. The lowest BCUT2D eigenvalue weighted by atomic mass is 10.2. The number of methoxy groups -OCH3 is 1. The average molecular weight is 278 g/mol. The Morgan fingerprint density at radius 1 is 1.30 bits per heavy atom. The van der Waals surface area contributed by atoms with Crippen molar-refractivity contribution in [3.05, 3.63) is 29.8 Å². The summed E-state index contributed by atoms with van der Waals surface area (Å²) in [6.45, 7) is 5.24. The highest BCUT2D eigenvalue weighted by atomic mass is 16.5. The Labute approximate surface area is 119 Å². The van der Waals surface area contributed by atoms with E-state index in [1.807, 2.05) is 6.92 Å². The zero-order chi connectivity index (χ0) is 15.0. The first-order valence-electron chi connectivity index (χ1n) is 6.76. The fourth-order valence-corrected chi connectivity index (χ4v) is 1.87. The van der Waals surface area contributed by atoms with Crippen LogP contribution in [0.5, 0.6) is 5.75 Å². The maximum atomic E-state index is 12.0. The van der Waals surface area contributed by atoms with Gasteiger partial charge in [-0.3, -0.25) is 9.59 Å². The zero-order valence-electron chi connectivity index (χ0n) is 12.3. The van der Waals surface area contributed by atoms with Gasteiger partial charge in [0, 0.05) is 32.1 Å². The number of nitrogens with zero attached hydrogens (tertiary/aromatic N) is 1. The average Bonchev–Trinajstić information content (AvgIpc) is 2.46. The molecule has 1 rings (SSSR count). The molecule has 5 nitrogen and oxygen atoms in total. The van der Waals surface area contributed by atoms with E-state index in [1.165, 1.54) is 0 Å². The molecule has 20 heavy (non-hydrogen) atoms. The summed E-state index contributed by atoms with van der Waals surface area (Å²) in [4.78, 5) is 25.0. The van der Waals surface area contributed by atoms with E-state index in [2.05, 4.69) is 5.32 Å². The van der Waals surface area contributed by atoms with Gasteiger partial charge in [0.05, 0.1) is 7.11 Å². The maximum absolute atomic E-state index is 12.0. The highest BCUT2D eigenvalue weighted by Gasteiger charge is 2.09. The topological polar surface area (TPSA) is 58.6 Å². The molecule has 1 N–H and O–H groups in total. The SMILES string of the molecule is CCCN(CCNC(=O)c1cccc(OC)c1)C(C)=O. The number of benzene rings is 1. The van der Waals surface area contributed by atoms with E-state index in [-0.39, 0.29) is 11.8 Å². The van der Waals surface area contributed by atoms with Gasteiger partial charge >= 0.3 is 0 Å². The summed E-state index contributed by atoms with van der Waals surface area (Å²) in [6.07, 6.45) is 0.906. The third-order valence-corrected chi connectivity index (χ3v) is 2.94. The summed E-state index contributed by atoms with van der Waals surface area (Å²) in [5, 5.41) is 2.81. The predicted octanol–water partition coefficient (Wildman–Crippen LogP) is 1.68. The molecular formula is C15H22N2O3. The third-order valence-electron chi connectivity index (χ3n) is 2.94. The van der Waals surface area contributed by atoms with Crippen LogP contribution in [0.4, 0.5) is 0 Å². The minimum Gasteiger partial charge on any atom is -0.497 e. The Morgan fingerprint density at radius 3 is 2.65 bits per heavy atom. The second kappa shape index (κ2) is 8.19. The van der Waals surface area contributed by atoms with Gasteiger partial charge in [0.2, 0.25) is 5.91 Å². The normalized spacial score (nSPS) is 9.95. The molecule has 0 spiro atoms. The summed E-state index contributed by atoms with van der Waals surface area (Å²) >= 11 is 0. The number of rotatable bonds is 7. The van der Waals surface area contributed by atoms with E-state index in [0.717, 1.165) is 6.42 Å². The van der Waals surface area contributed by atoms with E-state index in [1.54, 1.807) is 43.2 Å². The summed E-state index contributed by atoms with van der Waals surface area (Å²) < 4.78 is 5.08. The van der Waals surface area contributed by atoms with Crippen LogP contribution in [0.1, 0.15) is 30.6 Å². The molecule has 0 saturated heterocycles. The van der Waals surface area contributed by atoms with Gasteiger partial charge in [-0.15, -0.1) is 0 Å². The second-order valence-electron chi connectivity index (χ2n) is 4.49. The number of amides is 2. The Kier molecular flexibility index (Phi) is 6.56. The van der Waals surface area contributed by atoms with Gasteiger partial charge < -0.3 is 15.0 Å². The first-order chi connectivity index (χ1) is 9.58. The Balaban J connectivity index is 2.48. The van der Waals surface area contributed by atoms with Crippen molar-refractivity contribution in [2.75, 3.05) is 26.7 Å². The number of nitrogens with one attached hydrogen (secondary N) is 1. The molecular weight excluding hydrogens is 256 g/mol. The quantitative estimate of drug-likeness (QED) is 0.825. The van der Waals surface area contributed by atoms with Crippen LogP contribution in [-0.4, -0.2) is 43.5 Å². The third kappa shape index (κ3) is 4.91. The molecule has 110 valence electrons. The van der Waals surface area contributed by atoms with E-state index >= 15 is 0 Å². The zero-order valence-corrected chi connectivity index (χ0v) is 12.3. The van der Waals surface area contributed by atoms with Gasteiger partial charge in [0.25, 0.3) is 5.91 Å². The van der Waals surface area contributed by atoms with Gasteiger partial charge in [-0.05, 0) is 24.6 Å². The largest absolute Gasteiger partial charge is 0.497 e. The molecule has 5 heteroatoms. The van der Waals surface area contributed by atoms with Crippen LogP contribution in [0, 0.1) is 0 Å². The van der Waals surface area contributed by atoms with Crippen LogP contribution in [0.3, 0.4) is 0 Å². The minimum atomic E-state index is -0.163. The van der Waals surface area contributed by atoms with Crippen molar-refractivity contribution in [2.24, 2.45) is 0 Å². The molecule has 0 aliphatic rings. The molecule has 0 atom stereocenters. The monoisotopic (exact) mass is 278 g/mol. The van der Waals surface area contributed by atoms with Crippen LogP contribution in [-0.2, 0) is 4.79 Å². The number of carbonyl (C=O) groups excluding carboxylic acids is 2. The summed E-state index contributed by atoms with van der Waals surface area (Å²) in [5.74, 6) is 0.514. The van der Waals surface area contributed by atoms with Crippen molar-refractivity contribution < 1.29 is 14.3 Å². The lowest BCUT2D eigenvalue weighted by Gasteiger charge is -2.20. The second-order valence-corrected chi connectivity index (χ2v) is 4.49. The lowest BCUT2D eigenvalue weighted by molar-refractivity contribution is -0.128. The molecule has 0 saturated carbocycles. The Morgan fingerprint density at radius 2 is 2.05 bits per heavy atom. The van der Waals surface area contributed by atoms with Gasteiger partial charge in [-0.2, -0.15) is 0 Å². The molecule has 0 aromatic heterocycles. The molecule has 0 aliphatic heterocycles. The van der Waals surface area contributed by atoms with Crippen LogP contribution in [0.15, 0.2) is 24.3 Å². The molecule has 1 aromatic carbocycles. The van der Waals surface area contributed by atoms with Gasteiger partial charge in [-0.25, -0.2) is 0 Å². The van der Waals surface area contributed by atoms with E-state index in [4.69, 9.17) is 4.74 Å². The Hall–Kier alpha value is -2.04. The van der Waals surface area contributed by atoms with Crippen LogP contribution >= 0.6 is 0 Å². The standard InChI is InChI=1S/C15H22N2O3/c1-4-9-17(12(2)18)10-8-16-15(19)13-6-5-7-14(11-13)20-3/h5-7,11H,4,8-10H2,1-3H3,(H,16,19). The van der Waals surface area contributed by atoms with Gasteiger partial charge in [0.1, 0.15) is 5.75 Å². The molecule has 0 heterocycles. The first-order valence-corrected chi connectivity index (χ1v) is 6.76. The number of ether oxygens (including phenoxy) is 1. The van der Waals surface area contributed by atoms with E-state index in [0.29, 0.717) is 30.9 Å². The van der Waals surface area contributed by atoms with Crippen LogP contribution in [0.25, 0.3) is 0 Å². The van der Waals surface area contributed by atoms with Crippen LogP contribution < -0.4 is 10.1 Å². The minimum absolute atomic E-state index is 0.0301. The number of carbonyl (C=O) groups is 2. The highest BCUT2D eigenvalue weighted by molar-refractivity contribution is 5.94. The summed E-state index contributed by atoms with van der Waals surface area (Å²) in [5.41, 5.74) is 0.550. The number of hydrogen-bond donors (Lipinski definition) is 1. The molecule has 2 amide bonds. The fraction of sp³-hybridized carbons (Fsp3) is 0.467. The van der Waals surface area contributed by atoms with Crippen molar-refractivity contribution >= 4 is 11.8 Å². The highest BCUT2D eigenvalue weighted by Crippen LogP contribution is 2.12. The van der Waals surface area contributed by atoms with Crippen molar-refractivity contribution in [1.29, 1.82) is 0 Å². The van der Waals surface area contributed by atoms with Crippen LogP contribution in [0.2, 0.25) is 0 Å². The smallest absolute Gasteiger partial charge is 0.251 e. The van der Waals surface area contributed by atoms with Crippen molar-refractivity contribution in [1.82, 2.24) is 10.2 Å².